The Kier molecular flexibility index (Phi) is 3.50. The first kappa shape index (κ1) is 9.78. The Labute approximate surface area is 77.8 Å². The summed E-state index contributed by atoms with van der Waals surface area (Å²) in [6.45, 7) is 4.03. The van der Waals surface area contributed by atoms with Gasteiger partial charge in [-0.2, -0.15) is 0 Å². The molecule has 0 aromatic heterocycles. The van der Waals surface area contributed by atoms with Crippen molar-refractivity contribution >= 4 is 0 Å². The van der Waals surface area contributed by atoms with Gasteiger partial charge in [0.2, 0.25) is 0 Å². The van der Waals surface area contributed by atoms with Gasteiger partial charge in [0.15, 0.2) is 11.6 Å². The number of allylic oxidation sites excluding steroid dienone is 1. The number of ether oxygens (including phenoxy) is 1. The van der Waals surface area contributed by atoms with Crippen molar-refractivity contribution in [2.75, 3.05) is 6.61 Å². The minimum atomic E-state index is -0.271. The van der Waals surface area contributed by atoms with Crippen LogP contribution in [0.1, 0.15) is 12.5 Å². The van der Waals surface area contributed by atoms with Gasteiger partial charge in [-0.15, -0.1) is 0 Å². The molecule has 0 fully saturated rings. The first-order valence-corrected chi connectivity index (χ1v) is 4.24. The predicted molar refractivity (Wildman–Crippen MR) is 51.4 cm³/mol. The lowest BCUT2D eigenvalue weighted by Gasteiger charge is -2.05. The van der Waals surface area contributed by atoms with Crippen molar-refractivity contribution in [2.45, 2.75) is 13.8 Å². The Morgan fingerprint density at radius 1 is 1.46 bits per heavy atom. The summed E-state index contributed by atoms with van der Waals surface area (Å²) < 4.78 is 18.5. The standard InChI is InChI=1S/C11H13FO/c1-3-4-8-13-10-7-5-6-9(2)11(10)12/h3-7H,8H2,1-2H3/b4-3+. The molecular weight excluding hydrogens is 167 g/mol. The van der Waals surface area contributed by atoms with Crippen LogP contribution in [-0.2, 0) is 0 Å². The maximum Gasteiger partial charge on any atom is 0.167 e. The molecule has 1 aromatic rings. The van der Waals surface area contributed by atoms with E-state index in [1.807, 2.05) is 19.1 Å². The van der Waals surface area contributed by atoms with Crippen molar-refractivity contribution in [3.8, 4) is 5.75 Å². The molecule has 0 aliphatic rings. The maximum atomic E-state index is 13.3. The predicted octanol–water partition coefficient (Wildman–Crippen LogP) is 3.09. The van der Waals surface area contributed by atoms with Crippen molar-refractivity contribution in [1.82, 2.24) is 0 Å². The largest absolute Gasteiger partial charge is 0.486 e. The molecule has 0 spiro atoms. The van der Waals surface area contributed by atoms with Crippen LogP contribution in [0.2, 0.25) is 0 Å². The highest BCUT2D eigenvalue weighted by Crippen LogP contribution is 2.19. The van der Waals surface area contributed by atoms with Gasteiger partial charge in [0, 0.05) is 0 Å². The quantitative estimate of drug-likeness (QED) is 0.649. The van der Waals surface area contributed by atoms with Crippen molar-refractivity contribution in [3.05, 3.63) is 41.7 Å². The third-order valence-corrected chi connectivity index (χ3v) is 1.73. The van der Waals surface area contributed by atoms with Crippen LogP contribution in [0.5, 0.6) is 5.75 Å². The molecule has 0 N–H and O–H groups in total. The summed E-state index contributed by atoms with van der Waals surface area (Å²) in [5.41, 5.74) is 0.609. The first-order valence-electron chi connectivity index (χ1n) is 4.24. The monoisotopic (exact) mass is 180 g/mol. The van der Waals surface area contributed by atoms with Gasteiger partial charge in [0.05, 0.1) is 0 Å². The Hall–Kier alpha value is -1.31. The summed E-state index contributed by atoms with van der Waals surface area (Å²) in [5, 5.41) is 0. The summed E-state index contributed by atoms with van der Waals surface area (Å²) in [5.74, 6) is 0.0464. The van der Waals surface area contributed by atoms with E-state index < -0.39 is 0 Å². The Morgan fingerprint density at radius 2 is 2.23 bits per heavy atom. The minimum absolute atomic E-state index is 0.271. The van der Waals surface area contributed by atoms with Crippen molar-refractivity contribution in [3.63, 3.8) is 0 Å². The van der Waals surface area contributed by atoms with Gasteiger partial charge in [-0.25, -0.2) is 4.39 Å². The van der Waals surface area contributed by atoms with E-state index in [0.29, 0.717) is 17.9 Å². The summed E-state index contributed by atoms with van der Waals surface area (Å²) >= 11 is 0. The van der Waals surface area contributed by atoms with Gasteiger partial charge >= 0.3 is 0 Å². The highest BCUT2D eigenvalue weighted by atomic mass is 19.1. The molecule has 2 heteroatoms. The lowest BCUT2D eigenvalue weighted by Crippen LogP contribution is -1.96. The molecule has 1 rings (SSSR count). The Balaban J connectivity index is 2.71. The van der Waals surface area contributed by atoms with Crippen LogP contribution in [-0.4, -0.2) is 6.61 Å². The maximum absolute atomic E-state index is 13.3. The number of benzene rings is 1. The van der Waals surface area contributed by atoms with Crippen LogP contribution >= 0.6 is 0 Å². The van der Waals surface area contributed by atoms with E-state index in [-0.39, 0.29) is 5.82 Å². The van der Waals surface area contributed by atoms with Crippen LogP contribution in [0.3, 0.4) is 0 Å². The number of halogens is 1. The van der Waals surface area contributed by atoms with Gasteiger partial charge in [0.1, 0.15) is 6.61 Å². The average molecular weight is 180 g/mol. The van der Waals surface area contributed by atoms with Gasteiger partial charge in [-0.1, -0.05) is 24.3 Å². The second-order valence-corrected chi connectivity index (χ2v) is 2.77. The topological polar surface area (TPSA) is 9.23 Å². The van der Waals surface area contributed by atoms with E-state index in [1.165, 1.54) is 0 Å². The second kappa shape index (κ2) is 4.65. The van der Waals surface area contributed by atoms with Crippen molar-refractivity contribution < 1.29 is 9.13 Å². The molecule has 13 heavy (non-hydrogen) atoms. The fourth-order valence-electron chi connectivity index (χ4n) is 0.966. The van der Waals surface area contributed by atoms with Crippen molar-refractivity contribution in [2.24, 2.45) is 0 Å². The minimum Gasteiger partial charge on any atom is -0.486 e. The van der Waals surface area contributed by atoms with Crippen molar-refractivity contribution in [1.29, 1.82) is 0 Å². The molecule has 0 radical (unpaired) electrons. The lowest BCUT2D eigenvalue weighted by molar-refractivity contribution is 0.340. The summed E-state index contributed by atoms with van der Waals surface area (Å²) in [6.07, 6.45) is 3.70. The summed E-state index contributed by atoms with van der Waals surface area (Å²) in [6, 6.07) is 5.13. The molecule has 0 amide bonds. The Bertz CT molecular complexity index is 305. The van der Waals surface area contributed by atoms with Crippen LogP contribution in [0.25, 0.3) is 0 Å². The zero-order valence-electron chi connectivity index (χ0n) is 7.88. The summed E-state index contributed by atoms with van der Waals surface area (Å²) in [4.78, 5) is 0. The normalized spacial score (nSPS) is 10.7. The lowest BCUT2D eigenvalue weighted by atomic mass is 10.2. The van der Waals surface area contributed by atoms with Crippen LogP contribution in [0.15, 0.2) is 30.4 Å². The second-order valence-electron chi connectivity index (χ2n) is 2.77. The molecule has 0 saturated carbocycles. The molecule has 70 valence electrons. The number of rotatable bonds is 3. The number of hydrogen-bond donors (Lipinski definition) is 0. The van der Waals surface area contributed by atoms with E-state index in [0.717, 1.165) is 0 Å². The van der Waals surface area contributed by atoms with Crippen LogP contribution < -0.4 is 4.74 Å². The molecule has 0 saturated heterocycles. The van der Waals surface area contributed by atoms with E-state index in [4.69, 9.17) is 4.74 Å². The molecule has 0 bridgehead atoms. The van der Waals surface area contributed by atoms with Gasteiger partial charge in [-0.05, 0) is 25.5 Å². The fraction of sp³-hybridized carbons (Fsp3) is 0.273. The fourth-order valence-corrected chi connectivity index (χ4v) is 0.966. The zero-order valence-corrected chi connectivity index (χ0v) is 7.88. The molecule has 1 nitrogen and oxygen atoms in total. The van der Waals surface area contributed by atoms with E-state index in [1.54, 1.807) is 25.1 Å². The number of aryl methyl sites for hydroxylation is 1. The van der Waals surface area contributed by atoms with Gasteiger partial charge in [-0.3, -0.25) is 0 Å². The molecule has 0 atom stereocenters. The molecule has 1 aromatic carbocycles. The average Bonchev–Trinajstić information content (AvgIpc) is 2.13. The van der Waals surface area contributed by atoms with E-state index in [2.05, 4.69) is 0 Å². The first-order chi connectivity index (χ1) is 6.25. The smallest absolute Gasteiger partial charge is 0.167 e. The van der Waals surface area contributed by atoms with E-state index in [9.17, 15) is 4.39 Å². The molecule has 0 aliphatic heterocycles. The Morgan fingerprint density at radius 3 is 2.92 bits per heavy atom. The number of hydrogen-bond acceptors (Lipinski definition) is 1. The summed E-state index contributed by atoms with van der Waals surface area (Å²) in [7, 11) is 0. The van der Waals surface area contributed by atoms with Crippen LogP contribution in [0, 0.1) is 12.7 Å². The SMILES string of the molecule is C/C=C/COc1cccc(C)c1F. The molecule has 0 unspecified atom stereocenters. The van der Waals surface area contributed by atoms with E-state index >= 15 is 0 Å². The highest BCUT2D eigenvalue weighted by Gasteiger charge is 2.03. The highest BCUT2D eigenvalue weighted by molar-refractivity contribution is 5.30. The van der Waals surface area contributed by atoms with Gasteiger partial charge < -0.3 is 4.74 Å². The third kappa shape index (κ3) is 2.58. The zero-order chi connectivity index (χ0) is 9.68. The third-order valence-electron chi connectivity index (χ3n) is 1.73. The molecular formula is C11H13FO. The van der Waals surface area contributed by atoms with Gasteiger partial charge in [0.25, 0.3) is 0 Å². The van der Waals surface area contributed by atoms with Crippen LogP contribution in [0.4, 0.5) is 4.39 Å². The molecule has 0 heterocycles. The molecule has 0 aliphatic carbocycles.